The van der Waals surface area contributed by atoms with Crippen molar-refractivity contribution in [3.8, 4) is 0 Å². The Morgan fingerprint density at radius 2 is 1.71 bits per heavy atom. The van der Waals surface area contributed by atoms with E-state index in [1.165, 1.54) is 30.4 Å². The van der Waals surface area contributed by atoms with Crippen LogP contribution in [0.25, 0.3) is 0 Å². The molecule has 0 N–H and O–H groups in total. The number of benzene rings is 1. The van der Waals surface area contributed by atoms with E-state index in [2.05, 4.69) is 45.9 Å². The van der Waals surface area contributed by atoms with Crippen molar-refractivity contribution in [1.82, 2.24) is 0 Å². The Hall–Kier alpha value is -0.780. The lowest BCUT2D eigenvalue weighted by atomic mass is 9.91. The lowest BCUT2D eigenvalue weighted by Crippen LogP contribution is -2.02. The van der Waals surface area contributed by atoms with Crippen LogP contribution in [0.3, 0.4) is 0 Å². The molecule has 1 aromatic carbocycles. The van der Waals surface area contributed by atoms with Gasteiger partial charge in [0.15, 0.2) is 0 Å². The Bertz CT molecular complexity index is 266. The first-order valence-corrected chi connectivity index (χ1v) is 5.70. The number of hydrogen-bond donors (Lipinski definition) is 0. The minimum absolute atomic E-state index is 0.819. The normalized spacial score (nSPS) is 12.9. The molecular formula is C14H22. The van der Waals surface area contributed by atoms with Crippen LogP contribution >= 0.6 is 0 Å². The maximum Gasteiger partial charge on any atom is -0.0248 e. The summed E-state index contributed by atoms with van der Waals surface area (Å²) in [5, 5.41) is 0. The predicted octanol–water partition coefficient (Wildman–Crippen LogP) is 4.28. The third-order valence-corrected chi connectivity index (χ3v) is 2.98. The summed E-state index contributed by atoms with van der Waals surface area (Å²) in [6, 6.07) is 6.60. The van der Waals surface area contributed by atoms with Crippen LogP contribution < -0.4 is 0 Å². The molecular weight excluding hydrogens is 168 g/mol. The molecule has 0 heteroatoms. The van der Waals surface area contributed by atoms with Gasteiger partial charge in [0, 0.05) is 0 Å². The van der Waals surface area contributed by atoms with Crippen LogP contribution in [0.15, 0.2) is 18.2 Å². The number of aryl methyl sites for hydroxylation is 2. The van der Waals surface area contributed by atoms with E-state index in [1.807, 2.05) is 0 Å². The van der Waals surface area contributed by atoms with Crippen LogP contribution in [-0.4, -0.2) is 0 Å². The minimum Gasteiger partial charge on any atom is -0.0654 e. The van der Waals surface area contributed by atoms with Crippen molar-refractivity contribution in [2.24, 2.45) is 5.92 Å². The molecule has 0 radical (unpaired) electrons. The largest absolute Gasteiger partial charge is 0.0654 e. The van der Waals surface area contributed by atoms with Gasteiger partial charge in [0.05, 0.1) is 0 Å². The van der Waals surface area contributed by atoms with E-state index >= 15 is 0 Å². The van der Waals surface area contributed by atoms with E-state index < -0.39 is 0 Å². The summed E-state index contributed by atoms with van der Waals surface area (Å²) in [6.45, 7) is 9.07. The van der Waals surface area contributed by atoms with Gasteiger partial charge in [-0.2, -0.15) is 0 Å². The molecule has 0 bridgehead atoms. The Labute approximate surface area is 88.4 Å². The van der Waals surface area contributed by atoms with Gasteiger partial charge >= 0.3 is 0 Å². The molecule has 0 saturated carbocycles. The second kappa shape index (κ2) is 5.19. The molecule has 0 aliphatic rings. The summed E-state index contributed by atoms with van der Waals surface area (Å²) in [6.07, 6.45) is 3.88. The molecule has 1 atom stereocenters. The molecule has 78 valence electrons. The van der Waals surface area contributed by atoms with Gasteiger partial charge < -0.3 is 0 Å². The Kier molecular flexibility index (Phi) is 4.19. The maximum absolute atomic E-state index is 2.36. The number of hydrogen-bond acceptors (Lipinski definition) is 0. The zero-order valence-electron chi connectivity index (χ0n) is 9.93. The SMILES string of the molecule is CCCC(C)Cc1c(C)cccc1C. The van der Waals surface area contributed by atoms with Gasteiger partial charge in [-0.1, -0.05) is 44.9 Å². The van der Waals surface area contributed by atoms with Crippen molar-refractivity contribution in [1.29, 1.82) is 0 Å². The van der Waals surface area contributed by atoms with Crippen LogP contribution in [0.1, 0.15) is 43.4 Å². The van der Waals surface area contributed by atoms with Crippen LogP contribution in [0, 0.1) is 19.8 Å². The van der Waals surface area contributed by atoms with Crippen molar-refractivity contribution in [3.63, 3.8) is 0 Å². The van der Waals surface area contributed by atoms with Crippen LogP contribution in [-0.2, 0) is 6.42 Å². The lowest BCUT2D eigenvalue weighted by Gasteiger charge is -2.14. The summed E-state index contributed by atoms with van der Waals surface area (Å²) < 4.78 is 0. The van der Waals surface area contributed by atoms with Crippen LogP contribution in [0.5, 0.6) is 0 Å². The Morgan fingerprint density at radius 1 is 1.14 bits per heavy atom. The highest BCUT2D eigenvalue weighted by atomic mass is 14.1. The van der Waals surface area contributed by atoms with Gasteiger partial charge in [-0.05, 0) is 42.9 Å². The summed E-state index contributed by atoms with van der Waals surface area (Å²) >= 11 is 0. The molecule has 0 heterocycles. The standard InChI is InChI=1S/C14H22/c1-5-7-11(2)10-14-12(3)8-6-9-13(14)4/h6,8-9,11H,5,7,10H2,1-4H3. The summed E-state index contributed by atoms with van der Waals surface area (Å²) in [7, 11) is 0. The van der Waals surface area contributed by atoms with Crippen molar-refractivity contribution in [2.45, 2.75) is 47.0 Å². The Morgan fingerprint density at radius 3 is 2.21 bits per heavy atom. The zero-order valence-corrected chi connectivity index (χ0v) is 9.93. The third kappa shape index (κ3) is 2.87. The highest BCUT2D eigenvalue weighted by Crippen LogP contribution is 2.19. The molecule has 0 nitrogen and oxygen atoms in total. The molecule has 1 rings (SSSR count). The maximum atomic E-state index is 2.36. The highest BCUT2D eigenvalue weighted by Gasteiger charge is 2.06. The Balaban J connectivity index is 2.75. The second-order valence-electron chi connectivity index (χ2n) is 4.47. The van der Waals surface area contributed by atoms with E-state index in [1.54, 1.807) is 5.56 Å². The second-order valence-corrected chi connectivity index (χ2v) is 4.47. The quantitative estimate of drug-likeness (QED) is 0.664. The molecule has 1 unspecified atom stereocenters. The van der Waals surface area contributed by atoms with Crippen molar-refractivity contribution in [2.75, 3.05) is 0 Å². The molecule has 1 aromatic rings. The van der Waals surface area contributed by atoms with E-state index in [9.17, 15) is 0 Å². The molecule has 0 aromatic heterocycles. The van der Waals surface area contributed by atoms with Gasteiger partial charge in [-0.25, -0.2) is 0 Å². The first kappa shape index (κ1) is 11.3. The third-order valence-electron chi connectivity index (χ3n) is 2.98. The average Bonchev–Trinajstić information content (AvgIpc) is 2.12. The van der Waals surface area contributed by atoms with E-state index in [4.69, 9.17) is 0 Å². The van der Waals surface area contributed by atoms with Gasteiger partial charge in [0.25, 0.3) is 0 Å². The van der Waals surface area contributed by atoms with Crippen molar-refractivity contribution < 1.29 is 0 Å². The van der Waals surface area contributed by atoms with Gasteiger partial charge in [-0.3, -0.25) is 0 Å². The molecule has 0 amide bonds. The monoisotopic (exact) mass is 190 g/mol. The predicted molar refractivity (Wildman–Crippen MR) is 63.7 cm³/mol. The fourth-order valence-corrected chi connectivity index (χ4v) is 2.11. The summed E-state index contributed by atoms with van der Waals surface area (Å²) in [5.41, 5.74) is 4.47. The van der Waals surface area contributed by atoms with Crippen molar-refractivity contribution in [3.05, 3.63) is 34.9 Å². The van der Waals surface area contributed by atoms with Crippen molar-refractivity contribution >= 4 is 0 Å². The van der Waals surface area contributed by atoms with Gasteiger partial charge in [0.2, 0.25) is 0 Å². The molecule has 14 heavy (non-hydrogen) atoms. The lowest BCUT2D eigenvalue weighted by molar-refractivity contribution is 0.520. The first-order valence-electron chi connectivity index (χ1n) is 5.70. The fraction of sp³-hybridized carbons (Fsp3) is 0.571. The van der Waals surface area contributed by atoms with Gasteiger partial charge in [-0.15, -0.1) is 0 Å². The van der Waals surface area contributed by atoms with E-state index in [-0.39, 0.29) is 0 Å². The average molecular weight is 190 g/mol. The molecule has 0 saturated heterocycles. The highest BCUT2D eigenvalue weighted by molar-refractivity contribution is 5.33. The summed E-state index contributed by atoms with van der Waals surface area (Å²) in [4.78, 5) is 0. The molecule has 0 spiro atoms. The van der Waals surface area contributed by atoms with E-state index in [0.29, 0.717) is 0 Å². The van der Waals surface area contributed by atoms with E-state index in [0.717, 1.165) is 5.92 Å². The first-order chi connectivity index (χ1) is 6.65. The number of rotatable bonds is 4. The summed E-state index contributed by atoms with van der Waals surface area (Å²) in [5.74, 6) is 0.819. The smallest absolute Gasteiger partial charge is 0.0248 e. The zero-order chi connectivity index (χ0) is 10.6. The van der Waals surface area contributed by atoms with Crippen LogP contribution in [0.2, 0.25) is 0 Å². The minimum atomic E-state index is 0.819. The van der Waals surface area contributed by atoms with Crippen LogP contribution in [0.4, 0.5) is 0 Å². The molecule has 0 aliphatic carbocycles. The van der Waals surface area contributed by atoms with Gasteiger partial charge in [0.1, 0.15) is 0 Å². The topological polar surface area (TPSA) is 0 Å². The molecule has 0 fully saturated rings. The fourth-order valence-electron chi connectivity index (χ4n) is 2.11. The molecule has 0 aliphatic heterocycles.